The van der Waals surface area contributed by atoms with Crippen LogP contribution < -0.4 is 14.8 Å². The normalized spacial score (nSPS) is 20.1. The molecule has 13 heteroatoms. The van der Waals surface area contributed by atoms with Gasteiger partial charge in [0.05, 0.1) is 35.3 Å². The third-order valence-electron chi connectivity index (χ3n) is 8.25. The first kappa shape index (κ1) is 37.0. The quantitative estimate of drug-likeness (QED) is 0.258. The molecule has 11 nitrogen and oxygen atoms in total. The van der Waals surface area contributed by atoms with E-state index in [1.807, 2.05) is 44.2 Å². The van der Waals surface area contributed by atoms with Gasteiger partial charge in [0.1, 0.15) is 5.75 Å². The first-order valence-corrected chi connectivity index (χ1v) is 17.9. The molecule has 4 atom stereocenters. The minimum absolute atomic E-state index is 0.0148. The number of fused-ring (bicyclic) bond motifs is 1. The lowest BCUT2D eigenvalue weighted by atomic mass is 10.0. The summed E-state index contributed by atoms with van der Waals surface area (Å²) < 4.78 is 41.5. The molecule has 260 valence electrons. The highest BCUT2D eigenvalue weighted by atomic mass is 35.5. The van der Waals surface area contributed by atoms with E-state index in [4.69, 9.17) is 21.1 Å². The molecule has 0 spiro atoms. The number of carbonyl (C=O) groups is 2. The number of amides is 3. The molecule has 1 aliphatic heterocycles. The van der Waals surface area contributed by atoms with Crippen LogP contribution in [0.2, 0.25) is 5.02 Å². The number of hydrogen-bond acceptors (Lipinski definition) is 7. The highest BCUT2D eigenvalue weighted by Crippen LogP contribution is 2.30. The molecule has 1 aliphatic rings. The van der Waals surface area contributed by atoms with Gasteiger partial charge in [0.15, 0.2) is 0 Å². The molecule has 0 saturated carbocycles. The van der Waals surface area contributed by atoms with E-state index in [0.717, 1.165) is 12.8 Å². The van der Waals surface area contributed by atoms with E-state index in [1.54, 1.807) is 35.9 Å². The number of nitrogens with one attached hydrogen (secondary N) is 2. The molecule has 3 amide bonds. The number of carbonyl (C=O) groups excluding carboxylic acids is 2. The topological polar surface area (TPSA) is 138 Å². The van der Waals surface area contributed by atoms with Gasteiger partial charge in [-0.25, -0.2) is 13.2 Å². The molecule has 3 N–H and O–H groups in total. The van der Waals surface area contributed by atoms with Gasteiger partial charge in [0, 0.05) is 49.1 Å². The summed E-state index contributed by atoms with van der Waals surface area (Å²) in [6, 6.07) is 18.7. The lowest BCUT2D eigenvalue weighted by molar-refractivity contribution is -0.0115. The molecule has 0 saturated heterocycles. The number of aliphatic hydroxyl groups excluding tert-OH is 1. The minimum atomic E-state index is -3.99. The first-order valence-electron chi connectivity index (χ1n) is 16.1. The summed E-state index contributed by atoms with van der Waals surface area (Å²) in [4.78, 5) is 30.5. The van der Waals surface area contributed by atoms with Crippen LogP contribution in [0.4, 0.5) is 16.2 Å². The number of nitrogens with zero attached hydrogens (tertiary/aromatic N) is 2. The third-order valence-corrected chi connectivity index (χ3v) is 9.90. The van der Waals surface area contributed by atoms with Gasteiger partial charge in [-0.1, -0.05) is 36.7 Å². The standard InChI is InChI=1S/C35H45ClN4O7S/c1-24-21-40(25(2)23-41)34(42)31-20-29(38-48(44,45)30-16-13-27(36)14-17-30)15-18-32(31)47-26(3)10-8-9-19-46-33(24)22-39(4)35(43)37-28-11-6-5-7-12-28/h5-7,11-18,20,24-26,33,38,41H,8-10,19,21-23H2,1-4H3,(H,37,43)/t24-,25-,26-,33-/m0/s1. The zero-order valence-corrected chi connectivity index (χ0v) is 29.3. The molecule has 48 heavy (non-hydrogen) atoms. The Hall–Kier alpha value is -3.84. The zero-order chi connectivity index (χ0) is 34.8. The average molecular weight is 701 g/mol. The maximum atomic E-state index is 14.4. The van der Waals surface area contributed by atoms with E-state index in [0.29, 0.717) is 29.5 Å². The summed E-state index contributed by atoms with van der Waals surface area (Å²) in [5.41, 5.74) is 0.999. The van der Waals surface area contributed by atoms with Crippen molar-refractivity contribution in [3.05, 3.63) is 83.4 Å². The number of halogens is 1. The predicted octanol–water partition coefficient (Wildman–Crippen LogP) is 6.10. The summed E-state index contributed by atoms with van der Waals surface area (Å²) in [7, 11) is -2.30. The highest BCUT2D eigenvalue weighted by Gasteiger charge is 2.31. The number of benzene rings is 3. The van der Waals surface area contributed by atoms with Crippen molar-refractivity contribution in [1.82, 2.24) is 9.80 Å². The molecule has 0 aromatic heterocycles. The molecule has 0 radical (unpaired) electrons. The Morgan fingerprint density at radius 1 is 1.06 bits per heavy atom. The number of hydrogen-bond donors (Lipinski definition) is 3. The van der Waals surface area contributed by atoms with Crippen molar-refractivity contribution >= 4 is 44.9 Å². The summed E-state index contributed by atoms with van der Waals surface area (Å²) in [5.74, 6) is -0.385. The first-order chi connectivity index (χ1) is 22.9. The van der Waals surface area contributed by atoms with Crippen LogP contribution in [-0.4, -0.2) is 86.9 Å². The van der Waals surface area contributed by atoms with E-state index >= 15 is 0 Å². The fourth-order valence-electron chi connectivity index (χ4n) is 5.37. The number of likely N-dealkylation sites (N-methyl/N-ethyl adjacent to an activating group) is 1. The van der Waals surface area contributed by atoms with Crippen LogP contribution in [0.3, 0.4) is 0 Å². The monoisotopic (exact) mass is 700 g/mol. The minimum Gasteiger partial charge on any atom is -0.490 e. The highest BCUT2D eigenvalue weighted by molar-refractivity contribution is 7.92. The van der Waals surface area contributed by atoms with Crippen LogP contribution >= 0.6 is 11.6 Å². The average Bonchev–Trinajstić information content (AvgIpc) is 3.06. The van der Waals surface area contributed by atoms with Crippen molar-refractivity contribution < 1.29 is 32.6 Å². The fourth-order valence-corrected chi connectivity index (χ4v) is 6.55. The van der Waals surface area contributed by atoms with Crippen molar-refractivity contribution in [3.8, 4) is 5.75 Å². The van der Waals surface area contributed by atoms with Crippen molar-refractivity contribution in [2.45, 2.75) is 63.2 Å². The number of urea groups is 1. The van der Waals surface area contributed by atoms with Crippen molar-refractivity contribution in [1.29, 1.82) is 0 Å². The van der Waals surface area contributed by atoms with Gasteiger partial charge in [-0.2, -0.15) is 0 Å². The molecule has 4 rings (SSSR count). The zero-order valence-electron chi connectivity index (χ0n) is 27.8. The molecule has 0 unspecified atom stereocenters. The van der Waals surface area contributed by atoms with Crippen LogP contribution in [0.25, 0.3) is 0 Å². The fraction of sp³-hybridized carbons (Fsp3) is 0.429. The predicted molar refractivity (Wildman–Crippen MR) is 187 cm³/mol. The summed E-state index contributed by atoms with van der Waals surface area (Å²) in [5, 5.41) is 13.5. The maximum absolute atomic E-state index is 14.4. The Balaban J connectivity index is 1.63. The summed E-state index contributed by atoms with van der Waals surface area (Å²) in [6.45, 7) is 6.21. The van der Waals surface area contributed by atoms with Crippen LogP contribution in [0.1, 0.15) is 50.4 Å². The second-order valence-corrected chi connectivity index (χ2v) is 14.4. The van der Waals surface area contributed by atoms with E-state index in [1.165, 1.54) is 30.3 Å². The number of aliphatic hydroxyl groups is 1. The van der Waals surface area contributed by atoms with Gasteiger partial charge in [-0.15, -0.1) is 0 Å². The van der Waals surface area contributed by atoms with E-state index in [2.05, 4.69) is 10.0 Å². The molecule has 0 fully saturated rings. The van der Waals surface area contributed by atoms with Crippen LogP contribution in [0.5, 0.6) is 5.75 Å². The number of rotatable bonds is 8. The van der Waals surface area contributed by atoms with Gasteiger partial charge in [0.2, 0.25) is 0 Å². The third kappa shape index (κ3) is 10.1. The smallest absolute Gasteiger partial charge is 0.321 e. The lowest BCUT2D eigenvalue weighted by Gasteiger charge is -2.35. The maximum Gasteiger partial charge on any atom is 0.321 e. The van der Waals surface area contributed by atoms with Gasteiger partial charge in [-0.3, -0.25) is 9.52 Å². The Labute approximate surface area is 288 Å². The molecule has 0 aliphatic carbocycles. The lowest BCUT2D eigenvalue weighted by Crippen LogP contribution is -2.48. The van der Waals surface area contributed by atoms with E-state index < -0.39 is 28.1 Å². The van der Waals surface area contributed by atoms with E-state index in [9.17, 15) is 23.1 Å². The van der Waals surface area contributed by atoms with E-state index in [-0.39, 0.29) is 53.9 Å². The molecule has 3 aromatic carbocycles. The Kier molecular flexibility index (Phi) is 13.1. The molecular weight excluding hydrogens is 656 g/mol. The molecular formula is C35H45ClN4O7S. The second kappa shape index (κ2) is 17.0. The largest absolute Gasteiger partial charge is 0.490 e. The van der Waals surface area contributed by atoms with Gasteiger partial charge >= 0.3 is 6.03 Å². The van der Waals surface area contributed by atoms with Gasteiger partial charge in [-0.05, 0) is 87.7 Å². The Morgan fingerprint density at radius 3 is 2.46 bits per heavy atom. The number of para-hydroxylation sites is 1. The summed E-state index contributed by atoms with van der Waals surface area (Å²) in [6.07, 6.45) is 1.60. The van der Waals surface area contributed by atoms with Crippen molar-refractivity contribution in [2.75, 3.05) is 43.4 Å². The SMILES string of the molecule is C[C@H]1CCCCO[C@@H](CN(C)C(=O)Nc2ccccc2)[C@@H](C)CN([C@@H](C)CO)C(=O)c2cc(NS(=O)(=O)c3ccc(Cl)cc3)ccc2O1. The summed E-state index contributed by atoms with van der Waals surface area (Å²) >= 11 is 5.95. The van der Waals surface area contributed by atoms with Crippen molar-refractivity contribution in [3.63, 3.8) is 0 Å². The number of ether oxygens (including phenoxy) is 2. The van der Waals surface area contributed by atoms with Gasteiger partial charge < -0.3 is 29.7 Å². The molecule has 3 aromatic rings. The second-order valence-electron chi connectivity index (χ2n) is 12.2. The Morgan fingerprint density at radius 2 is 1.77 bits per heavy atom. The Bertz CT molecular complexity index is 1630. The van der Waals surface area contributed by atoms with Crippen LogP contribution in [0, 0.1) is 5.92 Å². The van der Waals surface area contributed by atoms with Crippen LogP contribution in [0.15, 0.2) is 77.7 Å². The van der Waals surface area contributed by atoms with Crippen LogP contribution in [-0.2, 0) is 14.8 Å². The number of anilines is 2. The number of sulfonamides is 1. The molecule has 1 heterocycles. The molecule has 0 bridgehead atoms. The van der Waals surface area contributed by atoms with Gasteiger partial charge in [0.25, 0.3) is 15.9 Å². The van der Waals surface area contributed by atoms with Crippen molar-refractivity contribution in [2.24, 2.45) is 5.92 Å².